The van der Waals surface area contributed by atoms with Crippen LogP contribution in [0, 0.1) is 0 Å². The minimum Gasteiger partial charge on any atom is -0.491 e. The summed E-state index contributed by atoms with van der Waals surface area (Å²) >= 11 is 0. The first-order chi connectivity index (χ1) is 12.3. The summed E-state index contributed by atoms with van der Waals surface area (Å²) in [4.78, 5) is 22.9. The number of nitrogens with zero attached hydrogens (tertiary/aromatic N) is 2. The highest BCUT2D eigenvalue weighted by Crippen LogP contribution is 2.34. The van der Waals surface area contributed by atoms with Gasteiger partial charge in [-0.05, 0) is 52.0 Å². The Kier molecular flexibility index (Phi) is 4.79. The van der Waals surface area contributed by atoms with E-state index in [2.05, 4.69) is 15.0 Å². The summed E-state index contributed by atoms with van der Waals surface area (Å²) < 4.78 is 11.7. The van der Waals surface area contributed by atoms with Gasteiger partial charge in [-0.1, -0.05) is 0 Å². The molecule has 0 aliphatic heterocycles. The SMILES string of the molecule is CC(C)Oc1ccc(OC(C)C)c(-c2nc3cc(C(=O)O)cnc3[nH]2)c1. The van der Waals surface area contributed by atoms with Gasteiger partial charge >= 0.3 is 5.97 Å². The molecule has 26 heavy (non-hydrogen) atoms. The van der Waals surface area contributed by atoms with Gasteiger partial charge in [0.15, 0.2) is 5.65 Å². The highest BCUT2D eigenvalue weighted by Gasteiger charge is 2.16. The molecule has 0 amide bonds. The Morgan fingerprint density at radius 2 is 1.85 bits per heavy atom. The molecule has 0 fully saturated rings. The molecule has 2 aromatic heterocycles. The number of aromatic nitrogens is 3. The molecule has 7 nitrogen and oxygen atoms in total. The fraction of sp³-hybridized carbons (Fsp3) is 0.316. The van der Waals surface area contributed by atoms with E-state index in [0.29, 0.717) is 28.5 Å². The van der Waals surface area contributed by atoms with E-state index in [9.17, 15) is 4.79 Å². The van der Waals surface area contributed by atoms with Gasteiger partial charge in [-0.2, -0.15) is 0 Å². The number of rotatable bonds is 6. The minimum atomic E-state index is -1.04. The number of pyridine rings is 1. The Morgan fingerprint density at radius 3 is 2.50 bits per heavy atom. The van der Waals surface area contributed by atoms with Crippen LogP contribution < -0.4 is 9.47 Å². The van der Waals surface area contributed by atoms with Crippen molar-refractivity contribution in [1.29, 1.82) is 0 Å². The van der Waals surface area contributed by atoms with Crippen LogP contribution in [0.15, 0.2) is 30.5 Å². The number of ether oxygens (including phenoxy) is 2. The summed E-state index contributed by atoms with van der Waals surface area (Å²) in [6.45, 7) is 7.80. The average Bonchev–Trinajstić information content (AvgIpc) is 2.98. The Morgan fingerprint density at radius 1 is 1.12 bits per heavy atom. The second-order valence-corrected chi connectivity index (χ2v) is 6.47. The van der Waals surface area contributed by atoms with Gasteiger partial charge in [0.25, 0.3) is 0 Å². The summed E-state index contributed by atoms with van der Waals surface area (Å²) in [6, 6.07) is 7.04. The van der Waals surface area contributed by atoms with Crippen molar-refractivity contribution in [3.05, 3.63) is 36.0 Å². The molecule has 2 heterocycles. The normalized spacial score (nSPS) is 11.3. The lowest BCUT2D eigenvalue weighted by Gasteiger charge is -2.16. The van der Waals surface area contributed by atoms with E-state index < -0.39 is 5.97 Å². The number of imidazole rings is 1. The van der Waals surface area contributed by atoms with Crippen LogP contribution in [-0.2, 0) is 0 Å². The molecule has 0 saturated carbocycles. The Balaban J connectivity index is 2.10. The first-order valence-electron chi connectivity index (χ1n) is 8.40. The van der Waals surface area contributed by atoms with Gasteiger partial charge in [0, 0.05) is 6.20 Å². The maximum atomic E-state index is 11.1. The quantitative estimate of drug-likeness (QED) is 0.696. The van der Waals surface area contributed by atoms with Crippen LogP contribution in [0.25, 0.3) is 22.6 Å². The van der Waals surface area contributed by atoms with Crippen molar-refractivity contribution in [3.63, 3.8) is 0 Å². The average molecular weight is 355 g/mol. The zero-order valence-corrected chi connectivity index (χ0v) is 15.1. The van der Waals surface area contributed by atoms with Crippen molar-refractivity contribution in [2.45, 2.75) is 39.9 Å². The van der Waals surface area contributed by atoms with E-state index >= 15 is 0 Å². The monoisotopic (exact) mass is 355 g/mol. The summed E-state index contributed by atoms with van der Waals surface area (Å²) in [6.07, 6.45) is 1.33. The second kappa shape index (κ2) is 7.03. The van der Waals surface area contributed by atoms with E-state index in [0.717, 1.165) is 5.56 Å². The molecule has 0 spiro atoms. The molecule has 3 aromatic rings. The Hall–Kier alpha value is -3.09. The summed E-state index contributed by atoms with van der Waals surface area (Å²) in [7, 11) is 0. The van der Waals surface area contributed by atoms with Crippen molar-refractivity contribution in [3.8, 4) is 22.9 Å². The van der Waals surface area contributed by atoms with E-state index in [1.54, 1.807) is 0 Å². The molecule has 3 rings (SSSR count). The van der Waals surface area contributed by atoms with Crippen LogP contribution in [0.5, 0.6) is 11.5 Å². The van der Waals surface area contributed by atoms with Gasteiger partial charge in [0.2, 0.25) is 0 Å². The zero-order valence-electron chi connectivity index (χ0n) is 15.1. The molecule has 0 bridgehead atoms. The van der Waals surface area contributed by atoms with Gasteiger partial charge < -0.3 is 19.6 Å². The lowest BCUT2D eigenvalue weighted by molar-refractivity contribution is 0.0696. The summed E-state index contributed by atoms with van der Waals surface area (Å²) in [5.41, 5.74) is 1.80. The topological polar surface area (TPSA) is 97.3 Å². The third-order valence-corrected chi connectivity index (χ3v) is 3.52. The number of aromatic amines is 1. The van der Waals surface area contributed by atoms with Crippen molar-refractivity contribution < 1.29 is 19.4 Å². The van der Waals surface area contributed by atoms with Crippen LogP contribution in [-0.4, -0.2) is 38.2 Å². The molecule has 2 N–H and O–H groups in total. The molecule has 0 radical (unpaired) electrons. The first-order valence-corrected chi connectivity index (χ1v) is 8.40. The number of carboxylic acid groups (broad SMARTS) is 1. The van der Waals surface area contributed by atoms with Crippen molar-refractivity contribution in [2.24, 2.45) is 0 Å². The van der Waals surface area contributed by atoms with Crippen molar-refractivity contribution in [1.82, 2.24) is 15.0 Å². The number of carboxylic acids is 1. The lowest BCUT2D eigenvalue weighted by atomic mass is 10.1. The standard InChI is InChI=1S/C19H21N3O4/c1-10(2)25-13-5-6-16(26-11(3)4)14(8-13)17-21-15-7-12(19(23)24)9-20-18(15)22-17/h5-11H,1-4H3,(H,23,24)(H,20,21,22). The fourth-order valence-electron chi connectivity index (χ4n) is 2.54. The van der Waals surface area contributed by atoms with Gasteiger partial charge in [0.1, 0.15) is 22.8 Å². The second-order valence-electron chi connectivity index (χ2n) is 6.47. The van der Waals surface area contributed by atoms with Crippen molar-refractivity contribution in [2.75, 3.05) is 0 Å². The van der Waals surface area contributed by atoms with E-state index in [-0.39, 0.29) is 17.8 Å². The van der Waals surface area contributed by atoms with Gasteiger partial charge in [-0.15, -0.1) is 0 Å². The van der Waals surface area contributed by atoms with E-state index in [4.69, 9.17) is 14.6 Å². The number of carbonyl (C=O) groups is 1. The predicted octanol–water partition coefficient (Wildman–Crippen LogP) is 3.90. The largest absolute Gasteiger partial charge is 0.491 e. The summed E-state index contributed by atoms with van der Waals surface area (Å²) in [5, 5.41) is 9.12. The van der Waals surface area contributed by atoms with Gasteiger partial charge in [0.05, 0.1) is 23.3 Å². The molecular formula is C19H21N3O4. The smallest absolute Gasteiger partial charge is 0.337 e. The van der Waals surface area contributed by atoms with E-state index in [1.165, 1.54) is 12.3 Å². The first kappa shape index (κ1) is 17.7. The molecule has 0 saturated heterocycles. The van der Waals surface area contributed by atoms with Gasteiger partial charge in [-0.3, -0.25) is 0 Å². The zero-order chi connectivity index (χ0) is 18.8. The molecule has 0 atom stereocenters. The molecule has 0 unspecified atom stereocenters. The summed E-state index contributed by atoms with van der Waals surface area (Å²) in [5.74, 6) is 0.861. The van der Waals surface area contributed by atoms with Crippen LogP contribution in [0.1, 0.15) is 38.1 Å². The number of hydrogen-bond acceptors (Lipinski definition) is 5. The molecule has 0 aliphatic rings. The van der Waals surface area contributed by atoms with E-state index in [1.807, 2.05) is 45.9 Å². The van der Waals surface area contributed by atoms with Crippen molar-refractivity contribution >= 4 is 17.1 Å². The van der Waals surface area contributed by atoms with Gasteiger partial charge in [-0.25, -0.2) is 14.8 Å². The highest BCUT2D eigenvalue weighted by atomic mass is 16.5. The molecular weight excluding hydrogens is 334 g/mol. The van der Waals surface area contributed by atoms with Crippen LogP contribution >= 0.6 is 0 Å². The fourth-order valence-corrected chi connectivity index (χ4v) is 2.54. The number of H-pyrrole nitrogens is 1. The lowest BCUT2D eigenvalue weighted by Crippen LogP contribution is -2.08. The third kappa shape index (κ3) is 3.77. The Bertz CT molecular complexity index is 947. The number of aromatic carboxylic acids is 1. The maximum absolute atomic E-state index is 11.1. The van der Waals surface area contributed by atoms with Crippen LogP contribution in [0.2, 0.25) is 0 Å². The highest BCUT2D eigenvalue weighted by molar-refractivity contribution is 5.91. The number of hydrogen-bond donors (Lipinski definition) is 2. The molecule has 7 heteroatoms. The third-order valence-electron chi connectivity index (χ3n) is 3.52. The predicted molar refractivity (Wildman–Crippen MR) is 97.8 cm³/mol. The number of nitrogens with one attached hydrogen (secondary N) is 1. The Labute approximate surface area is 151 Å². The van der Waals surface area contributed by atoms with Crippen LogP contribution in [0.4, 0.5) is 0 Å². The molecule has 1 aromatic carbocycles. The maximum Gasteiger partial charge on any atom is 0.337 e. The number of benzene rings is 1. The molecule has 136 valence electrons. The molecule has 0 aliphatic carbocycles. The minimum absolute atomic E-state index is 0.00765. The number of fused-ring (bicyclic) bond motifs is 1. The van der Waals surface area contributed by atoms with Crippen LogP contribution in [0.3, 0.4) is 0 Å².